The molecule has 1 aliphatic rings. The number of carboxylic acid groups (broad SMARTS) is 1. The fraction of sp³-hybridized carbons (Fsp3) is 0.111. The van der Waals surface area contributed by atoms with Crippen LogP contribution in [0.5, 0.6) is 0 Å². The molecule has 68 valence electrons. The highest BCUT2D eigenvalue weighted by Gasteiger charge is 2.19. The minimum absolute atomic E-state index is 0.107. The number of rotatable bonds is 2. The van der Waals surface area contributed by atoms with E-state index in [1.54, 1.807) is 0 Å². The first kappa shape index (κ1) is 9.41. The molecule has 0 saturated carbocycles. The van der Waals surface area contributed by atoms with Gasteiger partial charge in [-0.05, 0) is 23.3 Å². The van der Waals surface area contributed by atoms with Crippen LogP contribution in [-0.2, 0) is 4.79 Å². The third-order valence-electron chi connectivity index (χ3n) is 1.69. The Morgan fingerprint density at radius 2 is 2.15 bits per heavy atom. The lowest BCUT2D eigenvalue weighted by atomic mass is 9.94. The summed E-state index contributed by atoms with van der Waals surface area (Å²) in [7, 11) is 0. The molecule has 0 aromatic rings. The van der Waals surface area contributed by atoms with Crippen LogP contribution in [0, 0.1) is 5.41 Å². The van der Waals surface area contributed by atoms with Gasteiger partial charge in [-0.2, -0.15) is 0 Å². The van der Waals surface area contributed by atoms with Crippen LogP contribution < -0.4 is 0 Å². The van der Waals surface area contributed by atoms with E-state index in [1.165, 1.54) is 12.2 Å². The first-order valence-electron chi connectivity index (χ1n) is 3.61. The van der Waals surface area contributed by atoms with Gasteiger partial charge in [-0.3, -0.25) is 5.41 Å². The summed E-state index contributed by atoms with van der Waals surface area (Å²) in [6.07, 6.45) is 2.77. The van der Waals surface area contributed by atoms with E-state index < -0.39 is 5.97 Å². The van der Waals surface area contributed by atoms with E-state index in [9.17, 15) is 4.79 Å². The molecule has 0 unspecified atom stereocenters. The molecule has 0 atom stereocenters. The highest BCUT2D eigenvalue weighted by Crippen LogP contribution is 2.17. The molecule has 1 rings (SSSR count). The highest BCUT2D eigenvalue weighted by atomic mass is 16.4. The Bertz CT molecular complexity index is 350. The molecule has 4 heteroatoms. The smallest absolute Gasteiger partial charge is 0.337 e. The van der Waals surface area contributed by atoms with Crippen LogP contribution in [0.2, 0.25) is 0 Å². The molecule has 0 aliphatic heterocycles. The maximum atomic E-state index is 10.6. The zero-order valence-corrected chi connectivity index (χ0v) is 6.87. The van der Waals surface area contributed by atoms with E-state index in [2.05, 4.69) is 6.58 Å². The molecule has 3 N–H and O–H groups in total. The summed E-state index contributed by atoms with van der Waals surface area (Å²) in [6, 6.07) is 0. The topological polar surface area (TPSA) is 81.4 Å². The molecule has 13 heavy (non-hydrogen) atoms. The Hall–Kier alpha value is -1.68. The van der Waals surface area contributed by atoms with Crippen molar-refractivity contribution in [3.05, 3.63) is 35.5 Å². The van der Waals surface area contributed by atoms with Gasteiger partial charge in [0.15, 0.2) is 0 Å². The van der Waals surface area contributed by atoms with Crippen LogP contribution in [0.3, 0.4) is 0 Å². The molecular formula is C9H9NO3. The molecule has 0 fully saturated rings. The van der Waals surface area contributed by atoms with Crippen LogP contribution in [0.25, 0.3) is 0 Å². The SMILES string of the molecule is C=C1C=C(CO)C=C(C(=O)O)C1=N. The van der Waals surface area contributed by atoms with E-state index in [0.717, 1.165) is 0 Å². The third kappa shape index (κ3) is 1.73. The highest BCUT2D eigenvalue weighted by molar-refractivity contribution is 6.26. The number of carbonyl (C=O) groups is 1. The average Bonchev–Trinajstić information content (AvgIpc) is 2.09. The number of carboxylic acids is 1. The number of hydrogen-bond acceptors (Lipinski definition) is 3. The second-order valence-corrected chi connectivity index (χ2v) is 2.64. The van der Waals surface area contributed by atoms with Crippen LogP contribution in [0.1, 0.15) is 0 Å². The Morgan fingerprint density at radius 1 is 1.54 bits per heavy atom. The number of aliphatic carboxylic acids is 1. The summed E-state index contributed by atoms with van der Waals surface area (Å²) in [5.41, 5.74) is 0.531. The van der Waals surface area contributed by atoms with Gasteiger partial charge in [-0.25, -0.2) is 4.79 Å². The minimum atomic E-state index is -1.18. The molecule has 0 saturated heterocycles. The number of aliphatic hydroxyl groups is 1. The molecule has 1 aliphatic carbocycles. The Morgan fingerprint density at radius 3 is 2.62 bits per heavy atom. The fourth-order valence-electron chi connectivity index (χ4n) is 1.03. The normalized spacial score (nSPS) is 16.7. The Labute approximate surface area is 75.0 Å². The Balaban J connectivity index is 3.13. The Kier molecular flexibility index (Phi) is 2.44. The van der Waals surface area contributed by atoms with Gasteiger partial charge >= 0.3 is 5.97 Å². The van der Waals surface area contributed by atoms with E-state index in [1.807, 2.05) is 0 Å². The van der Waals surface area contributed by atoms with Crippen molar-refractivity contribution < 1.29 is 15.0 Å². The van der Waals surface area contributed by atoms with Gasteiger partial charge in [0.05, 0.1) is 17.9 Å². The van der Waals surface area contributed by atoms with Crippen molar-refractivity contribution in [1.29, 1.82) is 5.41 Å². The van der Waals surface area contributed by atoms with Gasteiger partial charge in [0, 0.05) is 0 Å². The zero-order chi connectivity index (χ0) is 10.0. The molecular weight excluding hydrogens is 170 g/mol. The molecule has 0 bridgehead atoms. The van der Waals surface area contributed by atoms with Crippen molar-refractivity contribution in [2.75, 3.05) is 6.61 Å². The maximum Gasteiger partial charge on any atom is 0.337 e. The largest absolute Gasteiger partial charge is 0.478 e. The summed E-state index contributed by atoms with van der Waals surface area (Å²) in [5, 5.41) is 24.8. The van der Waals surface area contributed by atoms with E-state index in [-0.39, 0.29) is 17.9 Å². The second-order valence-electron chi connectivity index (χ2n) is 2.64. The first-order chi connectivity index (χ1) is 6.06. The van der Waals surface area contributed by atoms with Gasteiger partial charge in [0.1, 0.15) is 0 Å². The summed E-state index contributed by atoms with van der Waals surface area (Å²) in [5.74, 6) is -1.18. The first-order valence-corrected chi connectivity index (χ1v) is 3.61. The van der Waals surface area contributed by atoms with Crippen molar-refractivity contribution in [2.24, 2.45) is 0 Å². The van der Waals surface area contributed by atoms with Crippen LogP contribution >= 0.6 is 0 Å². The molecule has 0 heterocycles. The number of aliphatic hydroxyl groups excluding tert-OH is 1. The van der Waals surface area contributed by atoms with Gasteiger partial charge in [0.2, 0.25) is 0 Å². The third-order valence-corrected chi connectivity index (χ3v) is 1.69. The molecule has 0 aromatic carbocycles. The molecule has 4 nitrogen and oxygen atoms in total. The number of hydrogen-bond donors (Lipinski definition) is 3. The lowest BCUT2D eigenvalue weighted by Gasteiger charge is -2.12. The molecule has 0 spiro atoms. The number of allylic oxidation sites excluding steroid dienone is 2. The molecule has 0 aromatic heterocycles. The summed E-state index contributed by atoms with van der Waals surface area (Å²) in [4.78, 5) is 10.6. The minimum Gasteiger partial charge on any atom is -0.478 e. The van der Waals surface area contributed by atoms with Crippen LogP contribution in [-0.4, -0.2) is 28.5 Å². The zero-order valence-electron chi connectivity index (χ0n) is 6.87. The van der Waals surface area contributed by atoms with Gasteiger partial charge < -0.3 is 10.2 Å². The predicted molar refractivity (Wildman–Crippen MR) is 47.8 cm³/mol. The van der Waals surface area contributed by atoms with E-state index in [4.69, 9.17) is 15.6 Å². The van der Waals surface area contributed by atoms with Crippen molar-refractivity contribution in [3.63, 3.8) is 0 Å². The predicted octanol–water partition coefficient (Wildman–Crippen LogP) is 0.506. The fourth-order valence-corrected chi connectivity index (χ4v) is 1.03. The van der Waals surface area contributed by atoms with Crippen molar-refractivity contribution in [3.8, 4) is 0 Å². The van der Waals surface area contributed by atoms with Crippen molar-refractivity contribution in [1.82, 2.24) is 0 Å². The van der Waals surface area contributed by atoms with Crippen LogP contribution in [0.15, 0.2) is 35.5 Å². The van der Waals surface area contributed by atoms with E-state index in [0.29, 0.717) is 11.1 Å². The monoisotopic (exact) mass is 179 g/mol. The standard InChI is InChI=1S/C9H9NO3/c1-5-2-6(4-11)3-7(8(5)10)9(12)13/h2-3,10-11H,1,4H2,(H,12,13). The van der Waals surface area contributed by atoms with Gasteiger partial charge in [-0.1, -0.05) is 6.58 Å². The maximum absolute atomic E-state index is 10.6. The summed E-state index contributed by atoms with van der Waals surface area (Å²) in [6.45, 7) is 3.26. The van der Waals surface area contributed by atoms with Gasteiger partial charge in [0.25, 0.3) is 0 Å². The molecule has 0 radical (unpaired) electrons. The van der Waals surface area contributed by atoms with Crippen molar-refractivity contribution in [2.45, 2.75) is 0 Å². The van der Waals surface area contributed by atoms with Gasteiger partial charge in [-0.15, -0.1) is 0 Å². The summed E-state index contributed by atoms with van der Waals surface area (Å²) >= 11 is 0. The number of nitrogens with one attached hydrogen (secondary N) is 1. The molecule has 0 amide bonds. The van der Waals surface area contributed by atoms with Crippen LogP contribution in [0.4, 0.5) is 0 Å². The van der Waals surface area contributed by atoms with E-state index >= 15 is 0 Å². The lowest BCUT2D eigenvalue weighted by Crippen LogP contribution is -2.16. The average molecular weight is 179 g/mol. The summed E-state index contributed by atoms with van der Waals surface area (Å²) < 4.78 is 0. The quantitative estimate of drug-likeness (QED) is 0.577. The van der Waals surface area contributed by atoms with Crippen molar-refractivity contribution >= 4 is 11.7 Å². The second kappa shape index (κ2) is 3.37. The lowest BCUT2D eigenvalue weighted by molar-refractivity contribution is -0.132.